The van der Waals surface area contributed by atoms with Crippen molar-refractivity contribution in [1.82, 2.24) is 0 Å². The van der Waals surface area contributed by atoms with Gasteiger partial charge in [-0.1, -0.05) is 6.07 Å². The first kappa shape index (κ1) is 17.1. The third kappa shape index (κ3) is 3.14. The fourth-order valence-electron chi connectivity index (χ4n) is 3.73. The van der Waals surface area contributed by atoms with Crippen LogP contribution in [0.2, 0.25) is 0 Å². The van der Waals surface area contributed by atoms with E-state index in [1.807, 2.05) is 23.1 Å². The lowest BCUT2D eigenvalue weighted by atomic mass is 10.0. The molecule has 8 nitrogen and oxygen atoms in total. The van der Waals surface area contributed by atoms with Crippen molar-refractivity contribution in [2.45, 2.75) is 18.9 Å². The third-order valence-corrected chi connectivity index (χ3v) is 4.97. The molecule has 1 atom stereocenters. The van der Waals surface area contributed by atoms with E-state index in [0.29, 0.717) is 36.9 Å². The summed E-state index contributed by atoms with van der Waals surface area (Å²) in [5.41, 5.74) is 6.79. The second-order valence-corrected chi connectivity index (χ2v) is 6.58. The molecule has 27 heavy (non-hydrogen) atoms. The van der Waals surface area contributed by atoms with E-state index in [9.17, 15) is 14.9 Å². The van der Waals surface area contributed by atoms with Crippen molar-refractivity contribution in [2.24, 2.45) is 5.73 Å². The van der Waals surface area contributed by atoms with Crippen LogP contribution < -0.4 is 20.1 Å². The normalized spacial score (nSPS) is 18.4. The molecule has 0 saturated carbocycles. The van der Waals surface area contributed by atoms with Crippen LogP contribution in [-0.4, -0.2) is 30.6 Å². The quantitative estimate of drug-likeness (QED) is 0.656. The summed E-state index contributed by atoms with van der Waals surface area (Å²) >= 11 is 0. The van der Waals surface area contributed by atoms with Gasteiger partial charge in [-0.3, -0.25) is 14.9 Å². The standard InChI is InChI=1S/C19H19N3O5/c20-19(23)13-3-5-15(16(10-13)22(24)25)21-7-1-2-14(21)12-4-6-17-18(11-12)27-9-8-26-17/h3-6,10-11,14H,1-2,7-9H2,(H2,20,23)/t14-/m1/s1. The first-order valence-electron chi connectivity index (χ1n) is 8.79. The molecule has 1 amide bonds. The number of anilines is 1. The van der Waals surface area contributed by atoms with E-state index >= 15 is 0 Å². The zero-order chi connectivity index (χ0) is 19.0. The Morgan fingerprint density at radius 1 is 1.15 bits per heavy atom. The zero-order valence-corrected chi connectivity index (χ0v) is 14.6. The van der Waals surface area contributed by atoms with E-state index in [2.05, 4.69) is 0 Å². The number of hydrogen-bond donors (Lipinski definition) is 1. The number of hydrogen-bond acceptors (Lipinski definition) is 6. The molecule has 0 bridgehead atoms. The second kappa shape index (κ2) is 6.79. The number of primary amides is 1. The summed E-state index contributed by atoms with van der Waals surface area (Å²) in [6.07, 6.45) is 1.78. The van der Waals surface area contributed by atoms with Crippen LogP contribution in [-0.2, 0) is 0 Å². The highest BCUT2D eigenvalue weighted by Crippen LogP contribution is 2.43. The molecular formula is C19H19N3O5. The Morgan fingerprint density at radius 2 is 1.93 bits per heavy atom. The highest BCUT2D eigenvalue weighted by Gasteiger charge is 2.32. The van der Waals surface area contributed by atoms with Crippen molar-refractivity contribution in [2.75, 3.05) is 24.7 Å². The van der Waals surface area contributed by atoms with Gasteiger partial charge < -0.3 is 20.1 Å². The van der Waals surface area contributed by atoms with Crippen LogP contribution in [0, 0.1) is 10.1 Å². The van der Waals surface area contributed by atoms with E-state index in [0.717, 1.165) is 18.4 Å². The molecule has 1 fully saturated rings. The van der Waals surface area contributed by atoms with Gasteiger partial charge in [0.25, 0.3) is 5.69 Å². The predicted molar refractivity (Wildman–Crippen MR) is 98.4 cm³/mol. The summed E-state index contributed by atoms with van der Waals surface area (Å²) in [6.45, 7) is 1.72. The van der Waals surface area contributed by atoms with Gasteiger partial charge in [-0.25, -0.2) is 0 Å². The van der Waals surface area contributed by atoms with Gasteiger partial charge in [-0.15, -0.1) is 0 Å². The van der Waals surface area contributed by atoms with Gasteiger partial charge >= 0.3 is 0 Å². The molecule has 0 unspecified atom stereocenters. The maximum atomic E-state index is 11.6. The Labute approximate surface area is 155 Å². The second-order valence-electron chi connectivity index (χ2n) is 6.58. The molecule has 140 valence electrons. The molecule has 2 aromatic carbocycles. The van der Waals surface area contributed by atoms with Gasteiger partial charge in [0.1, 0.15) is 18.9 Å². The van der Waals surface area contributed by atoms with Crippen LogP contribution in [0.15, 0.2) is 36.4 Å². The first-order valence-corrected chi connectivity index (χ1v) is 8.79. The first-order chi connectivity index (χ1) is 13.0. The van der Waals surface area contributed by atoms with E-state index in [1.54, 1.807) is 6.07 Å². The van der Waals surface area contributed by atoms with Crippen molar-refractivity contribution in [3.05, 3.63) is 57.6 Å². The minimum Gasteiger partial charge on any atom is -0.486 e. The molecule has 2 aliphatic heterocycles. The molecule has 0 radical (unpaired) electrons. The number of carbonyl (C=O) groups is 1. The summed E-state index contributed by atoms with van der Waals surface area (Å²) in [4.78, 5) is 24.5. The van der Waals surface area contributed by atoms with Crippen molar-refractivity contribution < 1.29 is 19.2 Å². The molecule has 2 aromatic rings. The Balaban J connectivity index is 1.71. The summed E-state index contributed by atoms with van der Waals surface area (Å²) in [6, 6.07) is 10.2. The minimum absolute atomic E-state index is 0.0149. The lowest BCUT2D eigenvalue weighted by Gasteiger charge is -2.28. The fourth-order valence-corrected chi connectivity index (χ4v) is 3.73. The molecular weight excluding hydrogens is 350 g/mol. The van der Waals surface area contributed by atoms with Crippen LogP contribution in [0.5, 0.6) is 11.5 Å². The molecule has 2 aliphatic rings. The van der Waals surface area contributed by atoms with E-state index in [-0.39, 0.29) is 17.3 Å². The van der Waals surface area contributed by atoms with Gasteiger partial charge in [0.15, 0.2) is 11.5 Å². The number of ether oxygens (including phenoxy) is 2. The molecule has 4 rings (SSSR count). The summed E-state index contributed by atoms with van der Waals surface area (Å²) in [5.74, 6) is 0.727. The van der Waals surface area contributed by atoms with E-state index in [1.165, 1.54) is 12.1 Å². The monoisotopic (exact) mass is 369 g/mol. The Bertz CT molecular complexity index is 914. The number of nitro benzene ring substituents is 1. The van der Waals surface area contributed by atoms with E-state index in [4.69, 9.17) is 15.2 Å². The lowest BCUT2D eigenvalue weighted by Crippen LogP contribution is -2.24. The zero-order valence-electron chi connectivity index (χ0n) is 14.6. The highest BCUT2D eigenvalue weighted by molar-refractivity contribution is 5.94. The maximum absolute atomic E-state index is 11.6. The van der Waals surface area contributed by atoms with Gasteiger partial charge in [0.05, 0.1) is 11.0 Å². The van der Waals surface area contributed by atoms with Crippen LogP contribution >= 0.6 is 0 Å². The maximum Gasteiger partial charge on any atom is 0.293 e. The largest absolute Gasteiger partial charge is 0.486 e. The number of amides is 1. The number of fused-ring (bicyclic) bond motifs is 1. The average molecular weight is 369 g/mol. The fraction of sp³-hybridized carbons (Fsp3) is 0.316. The number of carbonyl (C=O) groups excluding carboxylic acids is 1. The molecule has 8 heteroatoms. The molecule has 0 aliphatic carbocycles. The predicted octanol–water partition coefficient (Wildman–Crippen LogP) is 2.81. The molecule has 2 N–H and O–H groups in total. The highest BCUT2D eigenvalue weighted by atomic mass is 16.6. The topological polar surface area (TPSA) is 108 Å². The Hall–Kier alpha value is -3.29. The number of rotatable bonds is 4. The van der Waals surface area contributed by atoms with Crippen molar-refractivity contribution in [3.8, 4) is 11.5 Å². The van der Waals surface area contributed by atoms with Gasteiger partial charge in [0, 0.05) is 18.2 Å². The SMILES string of the molecule is NC(=O)c1ccc(N2CCC[C@@H]2c2ccc3c(c2)OCCO3)c([N+](=O)[O-])c1. The molecule has 0 aromatic heterocycles. The van der Waals surface area contributed by atoms with Crippen molar-refractivity contribution in [1.29, 1.82) is 0 Å². The van der Waals surface area contributed by atoms with Crippen LogP contribution in [0.4, 0.5) is 11.4 Å². The smallest absolute Gasteiger partial charge is 0.293 e. The van der Waals surface area contributed by atoms with Crippen LogP contribution in [0.25, 0.3) is 0 Å². The summed E-state index contributed by atoms with van der Waals surface area (Å²) in [7, 11) is 0. The molecule has 1 saturated heterocycles. The number of nitro groups is 1. The van der Waals surface area contributed by atoms with Crippen molar-refractivity contribution >= 4 is 17.3 Å². The minimum atomic E-state index is -0.686. The summed E-state index contributed by atoms with van der Waals surface area (Å²) < 4.78 is 11.2. The van der Waals surface area contributed by atoms with Crippen molar-refractivity contribution in [3.63, 3.8) is 0 Å². The van der Waals surface area contributed by atoms with E-state index < -0.39 is 10.8 Å². The van der Waals surface area contributed by atoms with Gasteiger partial charge in [0.2, 0.25) is 5.91 Å². The number of nitrogens with zero attached hydrogens (tertiary/aromatic N) is 2. The molecule has 2 heterocycles. The Morgan fingerprint density at radius 3 is 2.67 bits per heavy atom. The van der Waals surface area contributed by atoms with Gasteiger partial charge in [-0.05, 0) is 42.7 Å². The molecule has 0 spiro atoms. The number of benzene rings is 2. The third-order valence-electron chi connectivity index (χ3n) is 4.97. The Kier molecular flexibility index (Phi) is 4.31. The summed E-state index contributed by atoms with van der Waals surface area (Å²) in [5, 5.41) is 11.6. The number of nitrogens with two attached hydrogens (primary N) is 1. The lowest BCUT2D eigenvalue weighted by molar-refractivity contribution is -0.384. The average Bonchev–Trinajstić information content (AvgIpc) is 3.16. The van der Waals surface area contributed by atoms with Crippen LogP contribution in [0.3, 0.4) is 0 Å². The van der Waals surface area contributed by atoms with Gasteiger partial charge in [-0.2, -0.15) is 0 Å². The van der Waals surface area contributed by atoms with Crippen LogP contribution in [0.1, 0.15) is 34.8 Å².